The van der Waals surface area contributed by atoms with E-state index in [1.54, 1.807) is 0 Å². The fraction of sp³-hybridized carbons (Fsp3) is 0.974. The second-order valence-electron chi connectivity index (χ2n) is 11.9. The molecule has 0 rings (SSSR count). The predicted octanol–water partition coefficient (Wildman–Crippen LogP) is 5.43. The lowest BCUT2D eigenvalue weighted by Gasteiger charge is -2.09. The number of ether oxygens (including phenoxy) is 12. The molecule has 306 valence electrons. The van der Waals surface area contributed by atoms with Gasteiger partial charge in [-0.3, -0.25) is 4.79 Å². The largest absolute Gasteiger partial charge is 0.463 e. The van der Waals surface area contributed by atoms with Gasteiger partial charge in [-0.25, -0.2) is 0 Å². The van der Waals surface area contributed by atoms with Crippen molar-refractivity contribution < 1.29 is 61.6 Å². The van der Waals surface area contributed by atoms with Crippen molar-refractivity contribution in [3.05, 3.63) is 0 Å². The van der Waals surface area contributed by atoms with E-state index in [-0.39, 0.29) is 12.6 Å². The highest BCUT2D eigenvalue weighted by atomic mass is 16.6. The molecule has 0 heterocycles. The Kier molecular flexibility index (Phi) is 46.2. The van der Waals surface area contributed by atoms with Crippen molar-refractivity contribution in [2.45, 2.75) is 90.9 Å². The molecular formula is C38H76O13. The zero-order chi connectivity index (χ0) is 36.8. The Morgan fingerprint density at radius 3 is 0.824 bits per heavy atom. The summed E-state index contributed by atoms with van der Waals surface area (Å²) < 4.78 is 65.6. The van der Waals surface area contributed by atoms with Crippen LogP contribution in [0.15, 0.2) is 0 Å². The molecule has 51 heavy (non-hydrogen) atoms. The lowest BCUT2D eigenvalue weighted by atomic mass is 10.1. The molecule has 0 bridgehead atoms. The molecule has 0 aliphatic heterocycles. The highest BCUT2D eigenvalue weighted by Gasteiger charge is 2.02. The van der Waals surface area contributed by atoms with E-state index >= 15 is 0 Å². The standard InChI is InChI=1S/C38H76O13/c1-3-5-7-8-9-10-11-13-15-40-16-17-41-18-19-42-20-21-43-22-23-44-24-25-45-26-27-46-28-29-47-30-31-48-32-33-49-34-35-50-36-37-51-38(39)14-12-6-4-2/h3-37H2,1-2H3. The minimum atomic E-state index is -0.158. The van der Waals surface area contributed by atoms with Gasteiger partial charge < -0.3 is 56.8 Å². The van der Waals surface area contributed by atoms with Crippen LogP contribution in [-0.2, 0) is 61.6 Å². The summed E-state index contributed by atoms with van der Waals surface area (Å²) in [6, 6.07) is 0. The maximum Gasteiger partial charge on any atom is 0.305 e. The van der Waals surface area contributed by atoms with Gasteiger partial charge in [0.15, 0.2) is 0 Å². The Hall–Kier alpha value is -0.970. The van der Waals surface area contributed by atoms with Crippen molar-refractivity contribution in [1.29, 1.82) is 0 Å². The van der Waals surface area contributed by atoms with E-state index < -0.39 is 0 Å². The average Bonchev–Trinajstić information content (AvgIpc) is 3.13. The maximum absolute atomic E-state index is 11.5. The highest BCUT2D eigenvalue weighted by molar-refractivity contribution is 5.69. The van der Waals surface area contributed by atoms with Crippen LogP contribution in [0, 0.1) is 0 Å². The van der Waals surface area contributed by atoms with Gasteiger partial charge in [-0.1, -0.05) is 71.6 Å². The molecule has 0 aliphatic rings. The van der Waals surface area contributed by atoms with Crippen LogP contribution in [0.1, 0.15) is 90.9 Å². The zero-order valence-corrected chi connectivity index (χ0v) is 32.6. The molecule has 0 radical (unpaired) electrons. The van der Waals surface area contributed by atoms with Gasteiger partial charge in [0.1, 0.15) is 6.61 Å². The number of carbonyl (C=O) groups excluding carboxylic acids is 1. The summed E-state index contributed by atoms with van der Waals surface area (Å²) in [5, 5.41) is 0. The van der Waals surface area contributed by atoms with Gasteiger partial charge in [-0.2, -0.15) is 0 Å². The third-order valence-corrected chi connectivity index (χ3v) is 7.34. The van der Waals surface area contributed by atoms with Crippen molar-refractivity contribution in [3.63, 3.8) is 0 Å². The van der Waals surface area contributed by atoms with E-state index in [1.165, 1.54) is 44.9 Å². The summed E-state index contributed by atoms with van der Waals surface area (Å²) in [6.45, 7) is 16.3. The van der Waals surface area contributed by atoms with Gasteiger partial charge in [-0.15, -0.1) is 0 Å². The quantitative estimate of drug-likeness (QED) is 0.0582. The third-order valence-electron chi connectivity index (χ3n) is 7.34. The number of hydrogen-bond donors (Lipinski definition) is 0. The minimum Gasteiger partial charge on any atom is -0.463 e. The van der Waals surface area contributed by atoms with Crippen LogP contribution in [0.25, 0.3) is 0 Å². The van der Waals surface area contributed by atoms with Crippen LogP contribution in [-0.4, -0.2) is 158 Å². The van der Waals surface area contributed by atoms with Gasteiger partial charge in [0, 0.05) is 13.0 Å². The van der Waals surface area contributed by atoms with Crippen LogP contribution in [0.2, 0.25) is 0 Å². The second kappa shape index (κ2) is 47.1. The molecule has 0 aromatic heterocycles. The molecule has 13 nitrogen and oxygen atoms in total. The first kappa shape index (κ1) is 50.0. The van der Waals surface area contributed by atoms with E-state index in [2.05, 4.69) is 13.8 Å². The zero-order valence-electron chi connectivity index (χ0n) is 32.6. The first-order valence-electron chi connectivity index (χ1n) is 19.8. The molecule has 13 heteroatoms. The smallest absolute Gasteiger partial charge is 0.305 e. The van der Waals surface area contributed by atoms with Crippen LogP contribution in [0.4, 0.5) is 0 Å². The van der Waals surface area contributed by atoms with E-state index in [0.29, 0.717) is 145 Å². The maximum atomic E-state index is 11.5. The molecule has 0 aliphatic carbocycles. The first-order chi connectivity index (χ1) is 25.3. The van der Waals surface area contributed by atoms with Crippen LogP contribution < -0.4 is 0 Å². The molecule has 0 unspecified atom stereocenters. The molecule has 0 saturated carbocycles. The minimum absolute atomic E-state index is 0.158. The monoisotopic (exact) mass is 741 g/mol. The number of carbonyl (C=O) groups is 1. The topological polar surface area (TPSA) is 128 Å². The third kappa shape index (κ3) is 47.0. The van der Waals surface area contributed by atoms with Crippen LogP contribution in [0.5, 0.6) is 0 Å². The average molecular weight is 741 g/mol. The SMILES string of the molecule is CCCCCCCCCCOCCOCCOCCOCCOCCOCCOCCOCCOCCOCCOCCOC(=O)CCCCC. The summed E-state index contributed by atoms with van der Waals surface area (Å²) in [6.07, 6.45) is 14.0. The summed E-state index contributed by atoms with van der Waals surface area (Å²) in [7, 11) is 0. The Morgan fingerprint density at radius 1 is 0.275 bits per heavy atom. The Labute approximate surface area is 310 Å². The Bertz CT molecular complexity index is 645. The van der Waals surface area contributed by atoms with Crippen molar-refractivity contribution in [2.75, 3.05) is 152 Å². The van der Waals surface area contributed by atoms with Crippen molar-refractivity contribution >= 4 is 5.97 Å². The molecule has 0 aromatic rings. The molecular weight excluding hydrogens is 664 g/mol. The lowest BCUT2D eigenvalue weighted by Crippen LogP contribution is -2.15. The van der Waals surface area contributed by atoms with Crippen LogP contribution >= 0.6 is 0 Å². The summed E-state index contributed by atoms with van der Waals surface area (Å²) >= 11 is 0. The number of esters is 1. The lowest BCUT2D eigenvalue weighted by molar-refractivity contribution is -0.145. The Balaban J connectivity index is 3.07. The number of hydrogen-bond acceptors (Lipinski definition) is 13. The van der Waals surface area contributed by atoms with Gasteiger partial charge in [0.25, 0.3) is 0 Å². The predicted molar refractivity (Wildman–Crippen MR) is 197 cm³/mol. The molecule has 0 saturated heterocycles. The molecule has 0 aromatic carbocycles. The van der Waals surface area contributed by atoms with Crippen molar-refractivity contribution in [3.8, 4) is 0 Å². The van der Waals surface area contributed by atoms with E-state index in [9.17, 15) is 4.79 Å². The fourth-order valence-corrected chi connectivity index (χ4v) is 4.45. The van der Waals surface area contributed by atoms with Gasteiger partial charge in [0.2, 0.25) is 0 Å². The molecule has 0 spiro atoms. The van der Waals surface area contributed by atoms with Crippen molar-refractivity contribution in [1.82, 2.24) is 0 Å². The van der Waals surface area contributed by atoms with E-state index in [0.717, 1.165) is 32.3 Å². The number of unbranched alkanes of at least 4 members (excludes halogenated alkanes) is 9. The van der Waals surface area contributed by atoms with Gasteiger partial charge in [0.05, 0.1) is 139 Å². The van der Waals surface area contributed by atoms with Crippen LogP contribution in [0.3, 0.4) is 0 Å². The van der Waals surface area contributed by atoms with Gasteiger partial charge >= 0.3 is 5.97 Å². The molecule has 0 fully saturated rings. The normalized spacial score (nSPS) is 11.5. The van der Waals surface area contributed by atoms with E-state index in [4.69, 9.17) is 56.8 Å². The van der Waals surface area contributed by atoms with E-state index in [1.807, 2.05) is 0 Å². The first-order valence-corrected chi connectivity index (χ1v) is 19.8. The Morgan fingerprint density at radius 2 is 0.510 bits per heavy atom. The summed E-state index contributed by atoms with van der Waals surface area (Å²) in [4.78, 5) is 11.5. The fourth-order valence-electron chi connectivity index (χ4n) is 4.45. The summed E-state index contributed by atoms with van der Waals surface area (Å²) in [5.74, 6) is -0.158. The second-order valence-corrected chi connectivity index (χ2v) is 11.9. The molecule has 0 atom stereocenters. The summed E-state index contributed by atoms with van der Waals surface area (Å²) in [5.41, 5.74) is 0. The molecule has 0 amide bonds. The number of rotatable bonds is 46. The van der Waals surface area contributed by atoms with Crippen molar-refractivity contribution in [2.24, 2.45) is 0 Å². The highest BCUT2D eigenvalue weighted by Crippen LogP contribution is 2.08. The van der Waals surface area contributed by atoms with Gasteiger partial charge in [-0.05, 0) is 12.8 Å². The molecule has 0 N–H and O–H groups in total.